The number of imidazole rings is 1. The van der Waals surface area contributed by atoms with E-state index in [1.807, 2.05) is 0 Å². The van der Waals surface area contributed by atoms with Crippen LogP contribution in [-0.2, 0) is 0 Å². The number of nitrogens with one attached hydrogen (secondary N) is 2. The van der Waals surface area contributed by atoms with E-state index in [1.54, 1.807) is 0 Å². The zero-order valence-electron chi connectivity index (χ0n) is 13.1. The minimum absolute atomic E-state index is 0.414. The Bertz CT molecular complexity index is 619. The summed E-state index contributed by atoms with van der Waals surface area (Å²) in [6.07, 6.45) is 8.16. The number of piperidine rings is 1. The van der Waals surface area contributed by atoms with Crippen LogP contribution in [0, 0.1) is 19.8 Å². The first-order chi connectivity index (χ1) is 10.2. The van der Waals surface area contributed by atoms with Crippen molar-refractivity contribution in [3.8, 4) is 0 Å². The lowest BCUT2D eigenvalue weighted by molar-refractivity contribution is 0.174. The van der Waals surface area contributed by atoms with E-state index in [0.29, 0.717) is 12.1 Å². The van der Waals surface area contributed by atoms with E-state index in [1.165, 1.54) is 55.2 Å². The lowest BCUT2D eigenvalue weighted by Gasteiger charge is -2.39. The molecule has 0 bridgehead atoms. The average Bonchev–Trinajstić information content (AvgIpc) is 2.90. The van der Waals surface area contributed by atoms with Crippen LogP contribution < -0.4 is 5.32 Å². The summed E-state index contributed by atoms with van der Waals surface area (Å²) in [4.78, 5) is 8.41. The zero-order chi connectivity index (χ0) is 14.4. The summed E-state index contributed by atoms with van der Waals surface area (Å²) in [5, 5.41) is 3.87. The minimum Gasteiger partial charge on any atom is -0.341 e. The molecule has 3 unspecified atom stereocenters. The Morgan fingerprint density at radius 3 is 2.71 bits per heavy atom. The van der Waals surface area contributed by atoms with Crippen LogP contribution >= 0.6 is 0 Å². The number of aryl methyl sites for hydroxylation is 2. The summed E-state index contributed by atoms with van der Waals surface area (Å²) in [6.45, 7) is 4.33. The maximum Gasteiger partial charge on any atom is 0.124 e. The van der Waals surface area contributed by atoms with Crippen LogP contribution in [0.25, 0.3) is 11.0 Å². The fourth-order valence-electron chi connectivity index (χ4n) is 4.17. The molecule has 2 fully saturated rings. The van der Waals surface area contributed by atoms with Crippen LogP contribution in [0.2, 0.25) is 0 Å². The molecule has 3 atom stereocenters. The molecule has 2 aliphatic rings. The third-order valence-corrected chi connectivity index (χ3v) is 5.60. The average molecular weight is 283 g/mol. The van der Waals surface area contributed by atoms with E-state index in [-0.39, 0.29) is 0 Å². The molecule has 0 radical (unpaired) electrons. The quantitative estimate of drug-likeness (QED) is 0.825. The highest BCUT2D eigenvalue weighted by Crippen LogP contribution is 2.36. The van der Waals surface area contributed by atoms with Crippen molar-refractivity contribution in [1.29, 1.82) is 0 Å². The van der Waals surface area contributed by atoms with Gasteiger partial charge in [0, 0.05) is 6.04 Å². The first kappa shape index (κ1) is 13.3. The molecule has 1 aromatic heterocycles. The minimum atomic E-state index is 0.414. The fraction of sp³-hybridized carbons (Fsp3) is 0.611. The zero-order valence-corrected chi connectivity index (χ0v) is 13.1. The molecule has 0 spiro atoms. The summed E-state index contributed by atoms with van der Waals surface area (Å²) in [5.74, 6) is 2.04. The van der Waals surface area contributed by atoms with Gasteiger partial charge in [-0.2, -0.15) is 0 Å². The largest absolute Gasteiger partial charge is 0.341 e. The fourth-order valence-corrected chi connectivity index (χ4v) is 4.17. The van der Waals surface area contributed by atoms with Crippen molar-refractivity contribution in [2.75, 3.05) is 0 Å². The number of fused-ring (bicyclic) bond motifs is 2. The van der Waals surface area contributed by atoms with E-state index in [9.17, 15) is 0 Å². The normalized spacial score (nSPS) is 29.5. The van der Waals surface area contributed by atoms with Gasteiger partial charge in [0.05, 0.1) is 17.1 Å². The molecule has 3 nitrogen and oxygen atoms in total. The Labute approximate surface area is 126 Å². The first-order valence-corrected chi connectivity index (χ1v) is 8.43. The molecule has 21 heavy (non-hydrogen) atoms. The third kappa shape index (κ3) is 2.38. The van der Waals surface area contributed by atoms with E-state index in [0.717, 1.165) is 17.3 Å². The van der Waals surface area contributed by atoms with E-state index >= 15 is 0 Å². The Balaban J connectivity index is 1.61. The van der Waals surface area contributed by atoms with Gasteiger partial charge in [0.25, 0.3) is 0 Å². The summed E-state index contributed by atoms with van der Waals surface area (Å²) in [5.41, 5.74) is 4.95. The summed E-state index contributed by atoms with van der Waals surface area (Å²) >= 11 is 0. The van der Waals surface area contributed by atoms with Gasteiger partial charge in [-0.15, -0.1) is 0 Å². The molecule has 1 saturated heterocycles. The molecule has 2 heterocycles. The maximum atomic E-state index is 4.86. The maximum absolute atomic E-state index is 4.86. The Morgan fingerprint density at radius 2 is 1.81 bits per heavy atom. The number of hydrogen-bond acceptors (Lipinski definition) is 2. The molecular weight excluding hydrogens is 258 g/mol. The van der Waals surface area contributed by atoms with Crippen LogP contribution in [0.15, 0.2) is 12.1 Å². The SMILES string of the molecule is Cc1cc2nc(C3CCC4CCCCC4N3)[nH]c2cc1C. The number of nitrogens with zero attached hydrogens (tertiary/aromatic N) is 1. The predicted octanol–water partition coefficient (Wildman–Crippen LogP) is 4.16. The highest BCUT2D eigenvalue weighted by atomic mass is 15.1. The highest BCUT2D eigenvalue weighted by molar-refractivity contribution is 5.77. The number of aromatic nitrogens is 2. The van der Waals surface area contributed by atoms with Crippen molar-refractivity contribution in [3.05, 3.63) is 29.1 Å². The molecule has 0 amide bonds. The topological polar surface area (TPSA) is 40.7 Å². The molecule has 2 N–H and O–H groups in total. The smallest absolute Gasteiger partial charge is 0.124 e. The Hall–Kier alpha value is -1.35. The lowest BCUT2D eigenvalue weighted by atomic mass is 9.77. The molecule has 112 valence electrons. The summed E-state index contributed by atoms with van der Waals surface area (Å²) < 4.78 is 0. The summed E-state index contributed by atoms with van der Waals surface area (Å²) in [6, 6.07) is 5.57. The van der Waals surface area contributed by atoms with Crippen LogP contribution in [0.5, 0.6) is 0 Å². The van der Waals surface area contributed by atoms with Gasteiger partial charge in [0.2, 0.25) is 0 Å². The molecule has 3 heteroatoms. The summed E-state index contributed by atoms with van der Waals surface area (Å²) in [7, 11) is 0. The molecular formula is C18H25N3. The van der Waals surface area contributed by atoms with E-state index in [2.05, 4.69) is 36.3 Å². The third-order valence-electron chi connectivity index (χ3n) is 5.60. The Morgan fingerprint density at radius 1 is 1.00 bits per heavy atom. The van der Waals surface area contributed by atoms with Crippen molar-refractivity contribution in [2.24, 2.45) is 5.92 Å². The molecule has 1 saturated carbocycles. The number of benzene rings is 1. The van der Waals surface area contributed by atoms with Gasteiger partial charge in [-0.1, -0.05) is 12.8 Å². The van der Waals surface area contributed by atoms with Crippen LogP contribution in [-0.4, -0.2) is 16.0 Å². The van der Waals surface area contributed by atoms with Crippen molar-refractivity contribution in [2.45, 2.75) is 64.5 Å². The lowest BCUT2D eigenvalue weighted by Crippen LogP contribution is -2.45. The van der Waals surface area contributed by atoms with Crippen molar-refractivity contribution in [1.82, 2.24) is 15.3 Å². The number of hydrogen-bond donors (Lipinski definition) is 2. The molecule has 1 aliphatic heterocycles. The molecule has 4 rings (SSSR count). The van der Waals surface area contributed by atoms with Crippen LogP contribution in [0.4, 0.5) is 0 Å². The van der Waals surface area contributed by atoms with Crippen molar-refractivity contribution >= 4 is 11.0 Å². The monoisotopic (exact) mass is 283 g/mol. The second kappa shape index (κ2) is 5.13. The molecule has 2 aromatic rings. The molecule has 1 aliphatic carbocycles. The highest BCUT2D eigenvalue weighted by Gasteiger charge is 2.33. The van der Waals surface area contributed by atoms with Gasteiger partial charge in [-0.3, -0.25) is 0 Å². The number of rotatable bonds is 1. The van der Waals surface area contributed by atoms with Crippen LogP contribution in [0.3, 0.4) is 0 Å². The van der Waals surface area contributed by atoms with Gasteiger partial charge in [0.15, 0.2) is 0 Å². The van der Waals surface area contributed by atoms with Crippen LogP contribution in [0.1, 0.15) is 61.5 Å². The van der Waals surface area contributed by atoms with Gasteiger partial charge in [0.1, 0.15) is 5.82 Å². The van der Waals surface area contributed by atoms with Gasteiger partial charge in [-0.05, 0) is 68.7 Å². The predicted molar refractivity (Wildman–Crippen MR) is 86.4 cm³/mol. The van der Waals surface area contributed by atoms with Gasteiger partial charge >= 0.3 is 0 Å². The standard InChI is InChI=1S/C18H25N3/c1-11-9-16-17(10-12(11)2)21-18(20-16)15-8-7-13-5-3-4-6-14(13)19-15/h9-10,13-15,19H,3-8H2,1-2H3,(H,20,21). The van der Waals surface area contributed by atoms with Gasteiger partial charge in [-0.25, -0.2) is 4.98 Å². The number of aromatic amines is 1. The van der Waals surface area contributed by atoms with Gasteiger partial charge < -0.3 is 10.3 Å². The Kier molecular flexibility index (Phi) is 3.26. The number of H-pyrrole nitrogens is 1. The molecule has 1 aromatic carbocycles. The second-order valence-corrected chi connectivity index (χ2v) is 7.02. The van der Waals surface area contributed by atoms with Crippen molar-refractivity contribution < 1.29 is 0 Å². The van der Waals surface area contributed by atoms with Crippen molar-refractivity contribution in [3.63, 3.8) is 0 Å². The van der Waals surface area contributed by atoms with E-state index in [4.69, 9.17) is 4.98 Å². The first-order valence-electron chi connectivity index (χ1n) is 8.43. The van der Waals surface area contributed by atoms with E-state index < -0.39 is 0 Å². The second-order valence-electron chi connectivity index (χ2n) is 7.02.